The maximum Gasteiger partial charge on any atom is 0.414 e. The van der Waals surface area contributed by atoms with E-state index in [1.165, 1.54) is 19.0 Å². The van der Waals surface area contributed by atoms with E-state index in [0.29, 0.717) is 30.7 Å². The summed E-state index contributed by atoms with van der Waals surface area (Å²) in [6.45, 7) is 4.11. The Morgan fingerprint density at radius 3 is 2.75 bits per heavy atom. The predicted octanol–water partition coefficient (Wildman–Crippen LogP) is 2.39. The molecule has 7 nitrogen and oxygen atoms in total. The van der Waals surface area contributed by atoms with Crippen LogP contribution in [0.2, 0.25) is 0 Å². The van der Waals surface area contributed by atoms with Crippen molar-refractivity contribution >= 4 is 6.09 Å². The minimum Gasteiger partial charge on any atom is -0.476 e. The van der Waals surface area contributed by atoms with Crippen LogP contribution < -0.4 is 14.8 Å². The highest BCUT2D eigenvalue weighted by Gasteiger charge is 2.31. The van der Waals surface area contributed by atoms with Crippen LogP contribution in [-0.2, 0) is 0 Å². The van der Waals surface area contributed by atoms with Crippen molar-refractivity contribution in [2.75, 3.05) is 13.2 Å². The van der Waals surface area contributed by atoms with E-state index in [1.54, 1.807) is 6.92 Å². The third-order valence-electron chi connectivity index (χ3n) is 4.59. The first kappa shape index (κ1) is 17.0. The second kappa shape index (κ2) is 6.93. The third kappa shape index (κ3) is 4.35. The van der Waals surface area contributed by atoms with Crippen molar-refractivity contribution in [2.24, 2.45) is 5.92 Å². The molecule has 1 atom stereocenters. The highest BCUT2D eigenvalue weighted by atomic mass is 16.6. The molecule has 2 aliphatic carbocycles. The lowest BCUT2D eigenvalue weighted by Gasteiger charge is -2.26. The van der Waals surface area contributed by atoms with E-state index >= 15 is 0 Å². The van der Waals surface area contributed by atoms with Crippen molar-refractivity contribution in [3.05, 3.63) is 11.9 Å². The number of ether oxygens (including phenoxy) is 2. The summed E-state index contributed by atoms with van der Waals surface area (Å²) in [5.41, 5.74) is 0.140. The average molecular weight is 335 g/mol. The van der Waals surface area contributed by atoms with Crippen molar-refractivity contribution in [1.29, 1.82) is 0 Å². The van der Waals surface area contributed by atoms with Gasteiger partial charge in [-0.15, -0.1) is 0 Å². The number of aromatic nitrogens is 2. The lowest BCUT2D eigenvalue weighted by molar-refractivity contribution is 0.146. The van der Waals surface area contributed by atoms with Gasteiger partial charge in [0.15, 0.2) is 0 Å². The van der Waals surface area contributed by atoms with Gasteiger partial charge in [-0.3, -0.25) is 0 Å². The van der Waals surface area contributed by atoms with Crippen molar-refractivity contribution in [2.45, 2.75) is 57.4 Å². The molecule has 132 valence electrons. The number of nitrogens with zero attached hydrogens (tertiary/aromatic N) is 2. The number of hydrogen-bond acceptors (Lipinski definition) is 6. The van der Waals surface area contributed by atoms with Crippen molar-refractivity contribution in [1.82, 2.24) is 15.3 Å². The van der Waals surface area contributed by atoms with Gasteiger partial charge in [0.1, 0.15) is 5.69 Å². The molecule has 0 aliphatic heterocycles. The Labute approximate surface area is 141 Å². The smallest absolute Gasteiger partial charge is 0.414 e. The van der Waals surface area contributed by atoms with Gasteiger partial charge in [0, 0.05) is 5.92 Å². The molecule has 1 amide bonds. The Morgan fingerprint density at radius 2 is 2.17 bits per heavy atom. The van der Waals surface area contributed by atoms with Crippen molar-refractivity contribution in [3.8, 4) is 11.8 Å². The molecule has 2 N–H and O–H groups in total. The molecule has 1 unspecified atom stereocenters. The van der Waals surface area contributed by atoms with E-state index in [9.17, 15) is 9.90 Å². The van der Waals surface area contributed by atoms with Gasteiger partial charge < -0.3 is 19.9 Å². The summed E-state index contributed by atoms with van der Waals surface area (Å²) in [5.74, 6) is 1.61. The molecule has 0 aromatic carbocycles. The molecule has 2 saturated carbocycles. The van der Waals surface area contributed by atoms with Crippen molar-refractivity contribution in [3.63, 3.8) is 0 Å². The molecule has 0 bridgehead atoms. The minimum atomic E-state index is -0.718. The van der Waals surface area contributed by atoms with E-state index in [-0.39, 0.29) is 12.5 Å². The van der Waals surface area contributed by atoms with Crippen molar-refractivity contribution < 1.29 is 19.4 Å². The fourth-order valence-corrected chi connectivity index (χ4v) is 2.25. The highest BCUT2D eigenvalue weighted by molar-refractivity contribution is 5.70. The standard InChI is InChI=1S/C17H25N3O4/c1-3-17(2,10-21)20-16(22)24-13-8-18-14(12-6-7-12)15(19-13)23-9-11-4-5-11/h8,11-12,21H,3-7,9-10H2,1-2H3,(H,20,22). The van der Waals surface area contributed by atoms with Crippen LogP contribution in [-0.4, -0.2) is 39.9 Å². The van der Waals surface area contributed by atoms with Gasteiger partial charge in [0.2, 0.25) is 11.8 Å². The van der Waals surface area contributed by atoms with Crippen LogP contribution in [0.5, 0.6) is 11.8 Å². The predicted molar refractivity (Wildman–Crippen MR) is 87.2 cm³/mol. The average Bonchev–Trinajstić information content (AvgIpc) is 3.46. The largest absolute Gasteiger partial charge is 0.476 e. The van der Waals surface area contributed by atoms with E-state index in [1.807, 2.05) is 6.92 Å². The Bertz CT molecular complexity index is 595. The molecular formula is C17H25N3O4. The molecule has 7 heteroatoms. The van der Waals surface area contributed by atoms with E-state index < -0.39 is 11.6 Å². The zero-order valence-corrected chi connectivity index (χ0v) is 14.2. The first-order valence-electron chi connectivity index (χ1n) is 8.63. The SMILES string of the molecule is CCC(C)(CO)NC(=O)Oc1cnc(C2CC2)c(OCC2CC2)n1. The second-order valence-electron chi connectivity index (χ2n) is 7.01. The molecule has 0 saturated heterocycles. The number of aliphatic hydroxyl groups is 1. The van der Waals surface area contributed by atoms with Crippen LogP contribution in [0.3, 0.4) is 0 Å². The summed E-state index contributed by atoms with van der Waals surface area (Å²) in [6, 6.07) is 0. The third-order valence-corrected chi connectivity index (χ3v) is 4.59. The van der Waals surface area contributed by atoms with E-state index in [2.05, 4.69) is 15.3 Å². The van der Waals surface area contributed by atoms with Gasteiger partial charge >= 0.3 is 6.09 Å². The molecular weight excluding hydrogens is 310 g/mol. The number of amides is 1. The lowest BCUT2D eigenvalue weighted by Crippen LogP contribution is -2.49. The summed E-state index contributed by atoms with van der Waals surface area (Å²) in [6.07, 6.45) is 5.97. The molecule has 0 spiro atoms. The summed E-state index contributed by atoms with van der Waals surface area (Å²) in [7, 11) is 0. The van der Waals surface area contributed by atoms with Gasteiger partial charge in [-0.1, -0.05) is 6.92 Å². The Morgan fingerprint density at radius 1 is 1.42 bits per heavy atom. The van der Waals surface area contributed by atoms with Crippen LogP contribution in [0.25, 0.3) is 0 Å². The monoisotopic (exact) mass is 335 g/mol. The summed E-state index contributed by atoms with van der Waals surface area (Å²) >= 11 is 0. The quantitative estimate of drug-likeness (QED) is 0.757. The van der Waals surface area contributed by atoms with Crippen LogP contribution >= 0.6 is 0 Å². The zero-order chi connectivity index (χ0) is 17.2. The minimum absolute atomic E-state index is 0.110. The van der Waals surface area contributed by atoms with Gasteiger partial charge in [-0.2, -0.15) is 4.98 Å². The maximum atomic E-state index is 12.0. The number of nitrogens with one attached hydrogen (secondary N) is 1. The number of hydrogen-bond donors (Lipinski definition) is 2. The fraction of sp³-hybridized carbons (Fsp3) is 0.706. The molecule has 24 heavy (non-hydrogen) atoms. The Hall–Kier alpha value is -1.89. The number of carbonyl (C=O) groups excluding carboxylic acids is 1. The van der Waals surface area contributed by atoms with Gasteiger partial charge in [-0.25, -0.2) is 9.78 Å². The second-order valence-corrected chi connectivity index (χ2v) is 7.01. The first-order chi connectivity index (χ1) is 11.5. The van der Waals surface area contributed by atoms with E-state index in [0.717, 1.165) is 18.5 Å². The lowest BCUT2D eigenvalue weighted by atomic mass is 10.0. The molecule has 1 aromatic heterocycles. The molecule has 3 rings (SSSR count). The number of rotatable bonds is 8. The molecule has 2 aliphatic rings. The first-order valence-corrected chi connectivity index (χ1v) is 8.63. The summed E-state index contributed by atoms with van der Waals surface area (Å²) < 4.78 is 11.0. The van der Waals surface area contributed by atoms with Gasteiger partial charge in [-0.05, 0) is 44.9 Å². The van der Waals surface area contributed by atoms with Crippen LogP contribution in [0.4, 0.5) is 4.79 Å². The fourth-order valence-electron chi connectivity index (χ4n) is 2.25. The van der Waals surface area contributed by atoms with Crippen LogP contribution in [0.15, 0.2) is 6.20 Å². The topological polar surface area (TPSA) is 93.6 Å². The molecule has 0 radical (unpaired) electrons. The maximum absolute atomic E-state index is 12.0. The van der Waals surface area contributed by atoms with E-state index in [4.69, 9.17) is 9.47 Å². The summed E-state index contributed by atoms with van der Waals surface area (Å²) in [5, 5.41) is 12.0. The summed E-state index contributed by atoms with van der Waals surface area (Å²) in [4.78, 5) is 20.7. The normalized spacial score (nSPS) is 19.5. The van der Waals surface area contributed by atoms with Crippen LogP contribution in [0.1, 0.15) is 57.6 Å². The number of aliphatic hydroxyl groups excluding tert-OH is 1. The Kier molecular flexibility index (Phi) is 4.89. The molecule has 1 aromatic rings. The van der Waals surface area contributed by atoms with Gasteiger partial charge in [0.25, 0.3) is 0 Å². The van der Waals surface area contributed by atoms with Gasteiger partial charge in [0.05, 0.1) is 24.9 Å². The molecule has 1 heterocycles. The molecule has 2 fully saturated rings. The highest BCUT2D eigenvalue weighted by Crippen LogP contribution is 2.43. The Balaban J connectivity index is 1.66. The zero-order valence-electron chi connectivity index (χ0n) is 14.2. The number of carbonyl (C=O) groups is 1. The van der Waals surface area contributed by atoms with Crippen LogP contribution in [0, 0.1) is 5.92 Å².